The van der Waals surface area contributed by atoms with Crippen LogP contribution in [0.4, 0.5) is 5.69 Å². The van der Waals surface area contributed by atoms with E-state index in [1.165, 1.54) is 26.4 Å². The summed E-state index contributed by atoms with van der Waals surface area (Å²) in [7, 11) is 3.51. The van der Waals surface area contributed by atoms with Crippen LogP contribution >= 0.6 is 15.9 Å². The van der Waals surface area contributed by atoms with E-state index >= 15 is 0 Å². The first-order chi connectivity index (χ1) is 8.54. The van der Waals surface area contributed by atoms with Gasteiger partial charge in [0.1, 0.15) is 0 Å². The summed E-state index contributed by atoms with van der Waals surface area (Å²) in [5, 5.41) is 0. The number of hydrogen-bond donors (Lipinski definition) is 0. The van der Waals surface area contributed by atoms with E-state index in [9.17, 15) is 4.79 Å². The van der Waals surface area contributed by atoms with Gasteiger partial charge in [0.05, 0.1) is 12.7 Å². The van der Waals surface area contributed by atoms with Crippen LogP contribution in [0.5, 0.6) is 0 Å². The Morgan fingerprint density at radius 3 is 2.61 bits per heavy atom. The van der Waals surface area contributed by atoms with Crippen molar-refractivity contribution in [3.63, 3.8) is 0 Å². The number of anilines is 1. The topological polar surface area (TPSA) is 29.5 Å². The van der Waals surface area contributed by atoms with Crippen molar-refractivity contribution in [1.29, 1.82) is 0 Å². The Morgan fingerprint density at radius 1 is 1.44 bits per heavy atom. The highest BCUT2D eigenvalue weighted by atomic mass is 79.9. The van der Waals surface area contributed by atoms with Gasteiger partial charge in [0.2, 0.25) is 0 Å². The van der Waals surface area contributed by atoms with Crippen LogP contribution in [0.25, 0.3) is 0 Å². The van der Waals surface area contributed by atoms with Crippen LogP contribution in [0.1, 0.15) is 35.2 Å². The molecule has 1 aliphatic carbocycles. The van der Waals surface area contributed by atoms with Crippen molar-refractivity contribution in [2.45, 2.75) is 32.2 Å². The third-order valence-corrected chi connectivity index (χ3v) is 4.21. The molecule has 1 aromatic carbocycles. The normalized spacial score (nSPS) is 15.1. The van der Waals surface area contributed by atoms with Crippen LogP contribution < -0.4 is 4.90 Å². The van der Waals surface area contributed by atoms with Gasteiger partial charge in [-0.15, -0.1) is 0 Å². The standard InChI is InChI=1S/C14H18BrNO2/c1-9-12(14(17)18-3)7-10(15)8-13(9)16(2)11-5-4-6-11/h7-8,11H,4-6H2,1-3H3. The predicted molar refractivity (Wildman–Crippen MR) is 76.3 cm³/mol. The van der Waals surface area contributed by atoms with E-state index < -0.39 is 0 Å². The van der Waals surface area contributed by atoms with Crippen LogP contribution in [0, 0.1) is 6.92 Å². The summed E-state index contributed by atoms with van der Waals surface area (Å²) in [6, 6.07) is 4.49. The highest BCUT2D eigenvalue weighted by Crippen LogP contribution is 2.33. The van der Waals surface area contributed by atoms with Crippen molar-refractivity contribution < 1.29 is 9.53 Å². The second-order valence-electron chi connectivity index (χ2n) is 4.78. The molecule has 98 valence electrons. The lowest BCUT2D eigenvalue weighted by Crippen LogP contribution is -2.37. The average molecular weight is 312 g/mol. The van der Waals surface area contributed by atoms with E-state index in [-0.39, 0.29) is 5.97 Å². The highest BCUT2D eigenvalue weighted by molar-refractivity contribution is 9.10. The molecule has 0 saturated heterocycles. The first-order valence-corrected chi connectivity index (χ1v) is 6.95. The molecule has 0 heterocycles. The molecule has 0 aliphatic heterocycles. The van der Waals surface area contributed by atoms with Crippen LogP contribution in [0.2, 0.25) is 0 Å². The van der Waals surface area contributed by atoms with Gasteiger partial charge < -0.3 is 9.64 Å². The fourth-order valence-electron chi connectivity index (χ4n) is 2.32. The molecule has 3 nitrogen and oxygen atoms in total. The van der Waals surface area contributed by atoms with E-state index in [1.807, 2.05) is 13.0 Å². The molecule has 0 amide bonds. The maximum Gasteiger partial charge on any atom is 0.338 e. The molecule has 2 rings (SSSR count). The van der Waals surface area contributed by atoms with E-state index in [0.29, 0.717) is 11.6 Å². The zero-order chi connectivity index (χ0) is 13.3. The SMILES string of the molecule is COC(=O)c1cc(Br)cc(N(C)C2CCC2)c1C. The summed E-state index contributed by atoms with van der Waals surface area (Å²) >= 11 is 3.47. The van der Waals surface area contributed by atoms with Crippen LogP contribution in [0.3, 0.4) is 0 Å². The average Bonchev–Trinajstić information content (AvgIpc) is 2.28. The number of esters is 1. The van der Waals surface area contributed by atoms with Crippen molar-refractivity contribution in [3.05, 3.63) is 27.7 Å². The maximum absolute atomic E-state index is 11.8. The van der Waals surface area contributed by atoms with Gasteiger partial charge in [0, 0.05) is 23.2 Å². The van der Waals surface area contributed by atoms with Gasteiger partial charge in [-0.25, -0.2) is 4.79 Å². The van der Waals surface area contributed by atoms with Crippen molar-refractivity contribution in [3.8, 4) is 0 Å². The zero-order valence-electron chi connectivity index (χ0n) is 11.0. The number of hydrogen-bond acceptors (Lipinski definition) is 3. The number of halogens is 1. The Balaban J connectivity index is 2.40. The molecule has 0 N–H and O–H groups in total. The number of ether oxygens (including phenoxy) is 1. The summed E-state index contributed by atoms with van der Waals surface area (Å²) in [4.78, 5) is 14.0. The number of nitrogens with zero attached hydrogens (tertiary/aromatic N) is 1. The van der Waals surface area contributed by atoms with E-state index in [1.54, 1.807) is 0 Å². The minimum absolute atomic E-state index is 0.281. The molecule has 1 saturated carbocycles. The summed E-state index contributed by atoms with van der Waals surface area (Å²) in [6.45, 7) is 1.98. The lowest BCUT2D eigenvalue weighted by atomic mass is 9.91. The van der Waals surface area contributed by atoms with Crippen molar-refractivity contribution in [2.75, 3.05) is 19.1 Å². The number of carbonyl (C=O) groups is 1. The number of benzene rings is 1. The third-order valence-electron chi connectivity index (χ3n) is 3.75. The van der Waals surface area contributed by atoms with E-state index in [4.69, 9.17) is 4.74 Å². The number of methoxy groups -OCH3 is 1. The van der Waals surface area contributed by atoms with Crippen molar-refractivity contribution >= 4 is 27.6 Å². The van der Waals surface area contributed by atoms with Gasteiger partial charge in [-0.1, -0.05) is 15.9 Å². The van der Waals surface area contributed by atoms with Crippen LogP contribution in [-0.4, -0.2) is 26.2 Å². The van der Waals surface area contributed by atoms with E-state index in [2.05, 4.69) is 33.9 Å². The minimum atomic E-state index is -0.281. The Labute approximate surface area is 116 Å². The molecular weight excluding hydrogens is 294 g/mol. The van der Waals surface area contributed by atoms with Gasteiger partial charge in [-0.2, -0.15) is 0 Å². The molecule has 0 radical (unpaired) electrons. The van der Waals surface area contributed by atoms with Crippen molar-refractivity contribution in [1.82, 2.24) is 0 Å². The highest BCUT2D eigenvalue weighted by Gasteiger charge is 2.25. The molecule has 0 bridgehead atoms. The molecule has 1 fully saturated rings. The first kappa shape index (κ1) is 13.4. The summed E-state index contributed by atoms with van der Waals surface area (Å²) in [6.07, 6.45) is 3.76. The van der Waals surface area contributed by atoms with E-state index in [0.717, 1.165) is 15.7 Å². The fraction of sp³-hybridized carbons (Fsp3) is 0.500. The quantitative estimate of drug-likeness (QED) is 0.800. The number of rotatable bonds is 3. The Hall–Kier alpha value is -1.03. The Morgan fingerprint density at radius 2 is 2.11 bits per heavy atom. The lowest BCUT2D eigenvalue weighted by Gasteiger charge is -2.37. The van der Waals surface area contributed by atoms with Gasteiger partial charge in [0.15, 0.2) is 0 Å². The lowest BCUT2D eigenvalue weighted by molar-refractivity contribution is 0.0600. The van der Waals surface area contributed by atoms with Gasteiger partial charge in [0.25, 0.3) is 0 Å². The smallest absolute Gasteiger partial charge is 0.338 e. The molecule has 1 aromatic rings. The molecule has 0 unspecified atom stereocenters. The third kappa shape index (κ3) is 2.39. The molecule has 18 heavy (non-hydrogen) atoms. The molecule has 0 spiro atoms. The monoisotopic (exact) mass is 311 g/mol. The Bertz CT molecular complexity index is 469. The second-order valence-corrected chi connectivity index (χ2v) is 5.70. The summed E-state index contributed by atoms with van der Waals surface area (Å²) in [5.74, 6) is -0.281. The molecule has 0 aromatic heterocycles. The minimum Gasteiger partial charge on any atom is -0.465 e. The Kier molecular flexibility index (Phi) is 3.95. The van der Waals surface area contributed by atoms with Gasteiger partial charge in [-0.05, 0) is 43.9 Å². The fourth-order valence-corrected chi connectivity index (χ4v) is 2.77. The van der Waals surface area contributed by atoms with Crippen molar-refractivity contribution in [2.24, 2.45) is 0 Å². The zero-order valence-corrected chi connectivity index (χ0v) is 12.6. The second kappa shape index (κ2) is 5.31. The molecule has 0 atom stereocenters. The largest absolute Gasteiger partial charge is 0.465 e. The molecular formula is C14H18BrNO2. The van der Waals surface area contributed by atoms with Gasteiger partial charge in [-0.3, -0.25) is 0 Å². The van der Waals surface area contributed by atoms with Crippen LogP contribution in [0.15, 0.2) is 16.6 Å². The summed E-state index contributed by atoms with van der Waals surface area (Å²) < 4.78 is 5.74. The molecule has 1 aliphatic rings. The predicted octanol–water partition coefficient (Wildman–Crippen LogP) is 3.53. The van der Waals surface area contributed by atoms with Crippen LogP contribution in [-0.2, 0) is 4.74 Å². The van der Waals surface area contributed by atoms with Gasteiger partial charge >= 0.3 is 5.97 Å². The summed E-state index contributed by atoms with van der Waals surface area (Å²) in [5.41, 5.74) is 2.72. The number of carbonyl (C=O) groups excluding carboxylic acids is 1. The maximum atomic E-state index is 11.8. The molecule has 4 heteroatoms. The first-order valence-electron chi connectivity index (χ1n) is 6.16.